The van der Waals surface area contributed by atoms with Gasteiger partial charge >= 0.3 is 6.09 Å². The minimum absolute atomic E-state index is 0.0253. The van der Waals surface area contributed by atoms with Gasteiger partial charge in [0.1, 0.15) is 24.5 Å². The lowest BCUT2D eigenvalue weighted by Crippen LogP contribution is -2.58. The second-order valence-electron chi connectivity index (χ2n) is 12.6. The summed E-state index contributed by atoms with van der Waals surface area (Å²) in [6.45, 7) is 7.66. The summed E-state index contributed by atoms with van der Waals surface area (Å²) in [5.41, 5.74) is 1.27. The van der Waals surface area contributed by atoms with Crippen LogP contribution in [-0.4, -0.2) is 60.4 Å². The molecule has 11 nitrogen and oxygen atoms in total. The standard InChI is InChI=1S/C34H50N4O7/c1-22(2)19-29(32(41)36-27(16-15-23(3)39)20-26-17-18-35-31(26)40)37-33(42)30(24(4)45-28-13-9-6-10-14-28)38-34(43)44-21-25-11-7-5-8-12-25/h5,7-8,11-12,16,22,24,26,28-30H,6,9-10,13-15,17-21H2,1-4H3,(H,35,40)(H,36,41)(H,37,42)(H,38,43)/t24?,26-,29-,30-/m0/s1. The van der Waals surface area contributed by atoms with E-state index in [9.17, 15) is 24.0 Å². The number of hydrogen-bond acceptors (Lipinski definition) is 7. The van der Waals surface area contributed by atoms with Crippen LogP contribution in [0.4, 0.5) is 4.79 Å². The van der Waals surface area contributed by atoms with Crippen molar-refractivity contribution in [2.45, 2.75) is 116 Å². The van der Waals surface area contributed by atoms with Crippen molar-refractivity contribution in [3.05, 3.63) is 47.7 Å². The molecule has 1 aromatic carbocycles. The van der Waals surface area contributed by atoms with Crippen LogP contribution in [0, 0.1) is 11.8 Å². The predicted octanol–water partition coefficient (Wildman–Crippen LogP) is 4.06. The Balaban J connectivity index is 1.74. The fourth-order valence-electron chi connectivity index (χ4n) is 5.64. The largest absolute Gasteiger partial charge is 0.445 e. The van der Waals surface area contributed by atoms with Crippen LogP contribution in [0.2, 0.25) is 0 Å². The van der Waals surface area contributed by atoms with Crippen LogP contribution >= 0.6 is 0 Å². The summed E-state index contributed by atoms with van der Waals surface area (Å²) >= 11 is 0. The summed E-state index contributed by atoms with van der Waals surface area (Å²) in [5.74, 6) is -1.47. The molecule has 0 spiro atoms. The van der Waals surface area contributed by atoms with E-state index in [2.05, 4.69) is 21.3 Å². The molecule has 1 aliphatic heterocycles. The van der Waals surface area contributed by atoms with Gasteiger partial charge in [-0.1, -0.05) is 69.5 Å². The van der Waals surface area contributed by atoms with E-state index in [-0.39, 0.29) is 49.1 Å². The van der Waals surface area contributed by atoms with Crippen LogP contribution in [0.25, 0.3) is 0 Å². The van der Waals surface area contributed by atoms with Crippen molar-refractivity contribution in [1.82, 2.24) is 21.3 Å². The van der Waals surface area contributed by atoms with E-state index in [1.807, 2.05) is 44.2 Å². The van der Waals surface area contributed by atoms with Gasteiger partial charge in [0, 0.05) is 24.6 Å². The van der Waals surface area contributed by atoms with Crippen molar-refractivity contribution in [1.29, 1.82) is 0 Å². The molecule has 0 radical (unpaired) electrons. The Morgan fingerprint density at radius 3 is 2.31 bits per heavy atom. The monoisotopic (exact) mass is 626 g/mol. The highest BCUT2D eigenvalue weighted by Gasteiger charge is 2.34. The topological polar surface area (TPSA) is 152 Å². The minimum atomic E-state index is -1.12. The summed E-state index contributed by atoms with van der Waals surface area (Å²) in [7, 11) is 0. The van der Waals surface area contributed by atoms with Crippen LogP contribution in [0.15, 0.2) is 42.1 Å². The van der Waals surface area contributed by atoms with E-state index in [4.69, 9.17) is 9.47 Å². The average molecular weight is 627 g/mol. The van der Waals surface area contributed by atoms with Gasteiger partial charge < -0.3 is 30.7 Å². The van der Waals surface area contributed by atoms with Crippen molar-refractivity contribution in [2.24, 2.45) is 11.8 Å². The zero-order chi connectivity index (χ0) is 32.8. The molecule has 0 bridgehead atoms. The van der Waals surface area contributed by atoms with E-state index in [1.165, 1.54) is 6.92 Å². The molecule has 45 heavy (non-hydrogen) atoms. The van der Waals surface area contributed by atoms with Crippen LogP contribution in [-0.2, 0) is 35.3 Å². The van der Waals surface area contributed by atoms with E-state index >= 15 is 0 Å². The fourth-order valence-corrected chi connectivity index (χ4v) is 5.64. The molecule has 0 aromatic heterocycles. The van der Waals surface area contributed by atoms with Gasteiger partial charge in [-0.05, 0) is 57.4 Å². The van der Waals surface area contributed by atoms with Crippen molar-refractivity contribution in [3.8, 4) is 0 Å². The molecule has 4 amide bonds. The molecule has 3 rings (SSSR count). The second-order valence-corrected chi connectivity index (χ2v) is 12.6. The Labute approximate surface area is 266 Å². The predicted molar refractivity (Wildman–Crippen MR) is 170 cm³/mol. The lowest BCUT2D eigenvalue weighted by molar-refractivity contribution is -0.133. The number of amides is 4. The SMILES string of the molecule is CC(=O)CC=C(C[C@@H]1CCNC1=O)NC(=O)[C@H](CC(C)C)NC(=O)[C@@H](NC(=O)OCc1ccccc1)C(C)OC1CCCCC1. The van der Waals surface area contributed by atoms with Crippen molar-refractivity contribution < 1.29 is 33.4 Å². The molecule has 1 aliphatic carbocycles. The maximum atomic E-state index is 13.8. The number of alkyl carbamates (subject to hydrolysis) is 1. The first-order chi connectivity index (χ1) is 21.5. The van der Waals surface area contributed by atoms with Gasteiger partial charge in [-0.2, -0.15) is 0 Å². The number of rotatable bonds is 16. The smallest absolute Gasteiger partial charge is 0.408 e. The van der Waals surface area contributed by atoms with Gasteiger partial charge in [0.2, 0.25) is 17.7 Å². The number of carbonyl (C=O) groups is 5. The second kappa shape index (κ2) is 18.3. The first-order valence-corrected chi connectivity index (χ1v) is 16.2. The summed E-state index contributed by atoms with van der Waals surface area (Å²) < 4.78 is 11.7. The number of carbonyl (C=O) groups excluding carboxylic acids is 5. The van der Waals surface area contributed by atoms with E-state index in [0.29, 0.717) is 25.1 Å². The maximum Gasteiger partial charge on any atom is 0.408 e. The highest BCUT2D eigenvalue weighted by molar-refractivity contribution is 5.92. The molecule has 2 fully saturated rings. The number of ether oxygens (including phenoxy) is 2. The normalized spacial score (nSPS) is 19.3. The number of nitrogens with one attached hydrogen (secondary N) is 4. The molecule has 1 aromatic rings. The van der Waals surface area contributed by atoms with Crippen LogP contribution in [0.3, 0.4) is 0 Å². The first-order valence-electron chi connectivity index (χ1n) is 16.2. The highest BCUT2D eigenvalue weighted by atomic mass is 16.5. The van der Waals surface area contributed by atoms with Gasteiger partial charge in [0.15, 0.2) is 0 Å². The van der Waals surface area contributed by atoms with Gasteiger partial charge in [0.25, 0.3) is 0 Å². The molecular formula is C34H50N4O7. The van der Waals surface area contributed by atoms with Crippen molar-refractivity contribution in [2.75, 3.05) is 6.54 Å². The zero-order valence-electron chi connectivity index (χ0n) is 27.1. The summed E-state index contributed by atoms with van der Waals surface area (Å²) in [6.07, 6.45) is 6.47. The third kappa shape index (κ3) is 12.7. The number of allylic oxidation sites excluding steroid dienone is 2. The number of Topliss-reactive ketones (excluding diaryl/α,β-unsaturated/α-hetero) is 1. The van der Waals surface area contributed by atoms with Gasteiger partial charge in [0.05, 0.1) is 12.2 Å². The number of ketones is 1. The van der Waals surface area contributed by atoms with Crippen LogP contribution in [0.1, 0.15) is 91.0 Å². The third-order valence-corrected chi connectivity index (χ3v) is 8.09. The molecule has 2 aliphatic rings. The molecule has 1 heterocycles. The Bertz CT molecular complexity index is 1180. The van der Waals surface area contributed by atoms with E-state index < -0.39 is 36.1 Å². The zero-order valence-corrected chi connectivity index (χ0v) is 27.1. The van der Waals surface area contributed by atoms with Crippen LogP contribution < -0.4 is 21.3 Å². The fraction of sp³-hybridized carbons (Fsp3) is 0.618. The van der Waals surface area contributed by atoms with Crippen molar-refractivity contribution >= 4 is 29.6 Å². The quantitative estimate of drug-likeness (QED) is 0.216. The first kappa shape index (κ1) is 35.7. The van der Waals surface area contributed by atoms with Crippen molar-refractivity contribution in [3.63, 3.8) is 0 Å². The average Bonchev–Trinajstić information content (AvgIpc) is 3.41. The number of hydrogen-bond donors (Lipinski definition) is 4. The third-order valence-electron chi connectivity index (χ3n) is 8.09. The summed E-state index contributed by atoms with van der Waals surface area (Å²) in [4.78, 5) is 64.2. The molecule has 1 unspecified atom stereocenters. The molecular weight excluding hydrogens is 576 g/mol. The Hall–Kier alpha value is -3.73. The van der Waals surface area contributed by atoms with E-state index in [0.717, 1.165) is 37.7 Å². The van der Waals surface area contributed by atoms with E-state index in [1.54, 1.807) is 13.0 Å². The molecule has 1 saturated carbocycles. The molecule has 11 heteroatoms. The molecule has 1 saturated heterocycles. The molecule has 4 N–H and O–H groups in total. The molecule has 4 atom stereocenters. The van der Waals surface area contributed by atoms with Gasteiger partial charge in [-0.25, -0.2) is 4.79 Å². The minimum Gasteiger partial charge on any atom is -0.445 e. The Morgan fingerprint density at radius 2 is 1.69 bits per heavy atom. The lowest BCUT2D eigenvalue weighted by Gasteiger charge is -2.31. The number of benzene rings is 1. The maximum absolute atomic E-state index is 13.8. The summed E-state index contributed by atoms with van der Waals surface area (Å²) in [6, 6.07) is 7.16. The van der Waals surface area contributed by atoms with Crippen LogP contribution in [0.5, 0.6) is 0 Å². The Kier molecular flexibility index (Phi) is 14.5. The molecule has 248 valence electrons. The van der Waals surface area contributed by atoms with Gasteiger partial charge in [-0.15, -0.1) is 0 Å². The summed E-state index contributed by atoms with van der Waals surface area (Å²) in [5, 5.41) is 11.2. The highest BCUT2D eigenvalue weighted by Crippen LogP contribution is 2.23. The Morgan fingerprint density at radius 1 is 0.978 bits per heavy atom. The lowest BCUT2D eigenvalue weighted by atomic mass is 9.97. The van der Waals surface area contributed by atoms with Gasteiger partial charge in [-0.3, -0.25) is 19.2 Å².